The first-order valence-electron chi connectivity index (χ1n) is 10.3. The van der Waals surface area contributed by atoms with Gasteiger partial charge in [0, 0.05) is 11.4 Å². The summed E-state index contributed by atoms with van der Waals surface area (Å²) in [4.78, 5) is 39.0. The standard InChI is InChI=1S/C25H22FN3O3/c1-4-17-9-11-19(12-10-17)29-24(31)20(23(30)27-25(29)32)14-18-13-15(2)28(16(18)3)22-8-6-5-7-21(22)26/h5-14H,4H2,1-3H3,(H,27,30,32)/b20-14-. The molecule has 1 N–H and O–H groups in total. The fourth-order valence-corrected chi connectivity index (χ4v) is 3.87. The molecule has 0 aliphatic carbocycles. The molecule has 2 aromatic carbocycles. The molecule has 1 aliphatic rings. The summed E-state index contributed by atoms with van der Waals surface area (Å²) in [6, 6.07) is 14.4. The number of barbiturate groups is 1. The summed E-state index contributed by atoms with van der Waals surface area (Å²) >= 11 is 0. The molecule has 0 spiro atoms. The molecular formula is C25H22FN3O3. The predicted octanol–water partition coefficient (Wildman–Crippen LogP) is 4.46. The van der Waals surface area contributed by atoms with Crippen molar-refractivity contribution in [3.05, 3.63) is 88.5 Å². The lowest BCUT2D eigenvalue weighted by Crippen LogP contribution is -2.54. The Kier molecular flexibility index (Phi) is 5.48. The SMILES string of the molecule is CCc1ccc(N2C(=O)NC(=O)/C(=C/c3cc(C)n(-c4ccccc4F)c3C)C2=O)cc1. The number of hydrogen-bond donors (Lipinski definition) is 1. The number of carbonyl (C=O) groups excluding carboxylic acids is 3. The molecule has 32 heavy (non-hydrogen) atoms. The lowest BCUT2D eigenvalue weighted by atomic mass is 10.1. The molecule has 0 saturated carbocycles. The molecule has 1 aliphatic heterocycles. The Morgan fingerprint density at radius 1 is 1.00 bits per heavy atom. The number of nitrogens with zero attached hydrogens (tertiary/aromatic N) is 2. The highest BCUT2D eigenvalue weighted by atomic mass is 19.1. The van der Waals surface area contributed by atoms with E-state index in [0.29, 0.717) is 22.6 Å². The Morgan fingerprint density at radius 3 is 2.34 bits per heavy atom. The number of para-hydroxylation sites is 1. The van der Waals surface area contributed by atoms with E-state index >= 15 is 0 Å². The number of aryl methyl sites for hydroxylation is 2. The second-order valence-electron chi connectivity index (χ2n) is 7.59. The zero-order valence-corrected chi connectivity index (χ0v) is 18.0. The van der Waals surface area contributed by atoms with Crippen LogP contribution in [0, 0.1) is 19.7 Å². The van der Waals surface area contributed by atoms with Gasteiger partial charge < -0.3 is 4.57 Å². The van der Waals surface area contributed by atoms with E-state index in [9.17, 15) is 18.8 Å². The van der Waals surface area contributed by atoms with E-state index in [1.54, 1.807) is 47.9 Å². The van der Waals surface area contributed by atoms with Crippen molar-refractivity contribution in [2.75, 3.05) is 4.90 Å². The van der Waals surface area contributed by atoms with E-state index in [1.165, 1.54) is 12.1 Å². The Balaban J connectivity index is 1.75. The van der Waals surface area contributed by atoms with Gasteiger partial charge in [-0.2, -0.15) is 0 Å². The number of urea groups is 1. The van der Waals surface area contributed by atoms with Crippen LogP contribution in [0.5, 0.6) is 0 Å². The minimum atomic E-state index is -0.793. The molecule has 4 amide bonds. The molecule has 162 valence electrons. The summed E-state index contributed by atoms with van der Waals surface area (Å²) in [6.07, 6.45) is 2.26. The number of imide groups is 2. The smallest absolute Gasteiger partial charge is 0.315 e. The average Bonchev–Trinajstić information content (AvgIpc) is 3.04. The maximum absolute atomic E-state index is 14.4. The third-order valence-corrected chi connectivity index (χ3v) is 5.57. The summed E-state index contributed by atoms with van der Waals surface area (Å²) < 4.78 is 16.1. The minimum absolute atomic E-state index is 0.169. The number of halogens is 1. The van der Waals surface area contributed by atoms with E-state index in [0.717, 1.165) is 22.6 Å². The molecule has 2 heterocycles. The van der Waals surface area contributed by atoms with E-state index in [-0.39, 0.29) is 11.4 Å². The van der Waals surface area contributed by atoms with Crippen LogP contribution in [0.2, 0.25) is 0 Å². The van der Waals surface area contributed by atoms with Crippen molar-refractivity contribution >= 4 is 29.6 Å². The fourth-order valence-electron chi connectivity index (χ4n) is 3.87. The van der Waals surface area contributed by atoms with Crippen molar-refractivity contribution in [1.82, 2.24) is 9.88 Å². The number of carbonyl (C=O) groups is 3. The van der Waals surface area contributed by atoms with Crippen molar-refractivity contribution in [3.8, 4) is 5.69 Å². The normalized spacial score (nSPS) is 15.4. The Hall–Kier alpha value is -4.00. The fraction of sp³-hybridized carbons (Fsp3) is 0.160. The molecular weight excluding hydrogens is 409 g/mol. The van der Waals surface area contributed by atoms with Gasteiger partial charge in [-0.15, -0.1) is 0 Å². The summed E-state index contributed by atoms with van der Waals surface area (Å²) in [5.74, 6) is -1.86. The van der Waals surface area contributed by atoms with Gasteiger partial charge in [0.2, 0.25) is 0 Å². The minimum Gasteiger partial charge on any atom is -0.315 e. The highest BCUT2D eigenvalue weighted by Crippen LogP contribution is 2.27. The molecule has 1 fully saturated rings. The van der Waals surface area contributed by atoms with Crippen LogP contribution in [-0.2, 0) is 16.0 Å². The second kappa shape index (κ2) is 8.26. The molecule has 1 aromatic heterocycles. The molecule has 0 radical (unpaired) electrons. The van der Waals surface area contributed by atoms with E-state index < -0.39 is 17.8 Å². The van der Waals surface area contributed by atoms with Gasteiger partial charge in [-0.3, -0.25) is 14.9 Å². The lowest BCUT2D eigenvalue weighted by Gasteiger charge is -2.26. The van der Waals surface area contributed by atoms with Gasteiger partial charge in [0.25, 0.3) is 11.8 Å². The van der Waals surface area contributed by atoms with Gasteiger partial charge in [-0.25, -0.2) is 14.1 Å². The molecule has 4 rings (SSSR count). The first kappa shape index (κ1) is 21.2. The van der Waals surface area contributed by atoms with Gasteiger partial charge in [0.1, 0.15) is 11.4 Å². The van der Waals surface area contributed by atoms with E-state index in [4.69, 9.17) is 0 Å². The van der Waals surface area contributed by atoms with Crippen LogP contribution >= 0.6 is 0 Å². The van der Waals surface area contributed by atoms with Gasteiger partial charge in [-0.1, -0.05) is 31.2 Å². The van der Waals surface area contributed by atoms with Gasteiger partial charge in [-0.05, 0) is 67.8 Å². The lowest BCUT2D eigenvalue weighted by molar-refractivity contribution is -0.122. The van der Waals surface area contributed by atoms with Gasteiger partial charge >= 0.3 is 6.03 Å². The van der Waals surface area contributed by atoms with Gasteiger partial charge in [0.05, 0.1) is 11.4 Å². The number of nitrogens with one attached hydrogen (secondary N) is 1. The first-order valence-corrected chi connectivity index (χ1v) is 10.3. The molecule has 1 saturated heterocycles. The van der Waals surface area contributed by atoms with Crippen LogP contribution < -0.4 is 10.2 Å². The summed E-state index contributed by atoms with van der Waals surface area (Å²) in [7, 11) is 0. The molecule has 3 aromatic rings. The number of anilines is 1. The molecule has 7 heteroatoms. The van der Waals surface area contributed by atoms with Crippen molar-refractivity contribution in [2.45, 2.75) is 27.2 Å². The maximum atomic E-state index is 14.4. The van der Waals surface area contributed by atoms with E-state index in [2.05, 4.69) is 5.32 Å². The van der Waals surface area contributed by atoms with Crippen LogP contribution in [0.15, 0.2) is 60.2 Å². The molecule has 6 nitrogen and oxygen atoms in total. The van der Waals surface area contributed by atoms with Crippen molar-refractivity contribution in [1.29, 1.82) is 0 Å². The summed E-state index contributed by atoms with van der Waals surface area (Å²) in [5.41, 5.74) is 3.63. The van der Waals surface area contributed by atoms with E-state index in [1.807, 2.05) is 26.0 Å². The highest BCUT2D eigenvalue weighted by Gasteiger charge is 2.37. The number of benzene rings is 2. The van der Waals surface area contributed by atoms with Crippen molar-refractivity contribution < 1.29 is 18.8 Å². The Morgan fingerprint density at radius 2 is 1.69 bits per heavy atom. The Bertz CT molecular complexity index is 1270. The summed E-state index contributed by atoms with van der Waals surface area (Å²) in [5, 5.41) is 2.23. The molecule has 0 bridgehead atoms. The maximum Gasteiger partial charge on any atom is 0.335 e. The number of hydrogen-bond acceptors (Lipinski definition) is 3. The zero-order chi connectivity index (χ0) is 23.0. The van der Waals surface area contributed by atoms with Crippen molar-refractivity contribution in [3.63, 3.8) is 0 Å². The first-order chi connectivity index (χ1) is 15.3. The van der Waals surface area contributed by atoms with Crippen LogP contribution in [0.25, 0.3) is 11.8 Å². The third kappa shape index (κ3) is 3.62. The molecule has 0 atom stereocenters. The van der Waals surface area contributed by atoms with Crippen LogP contribution in [-0.4, -0.2) is 22.4 Å². The Labute approximate surface area is 185 Å². The zero-order valence-electron chi connectivity index (χ0n) is 18.0. The average molecular weight is 431 g/mol. The van der Waals surface area contributed by atoms with Crippen molar-refractivity contribution in [2.24, 2.45) is 0 Å². The largest absolute Gasteiger partial charge is 0.335 e. The summed E-state index contributed by atoms with van der Waals surface area (Å²) in [6.45, 7) is 5.60. The third-order valence-electron chi connectivity index (χ3n) is 5.57. The number of amides is 4. The topological polar surface area (TPSA) is 71.4 Å². The predicted molar refractivity (Wildman–Crippen MR) is 120 cm³/mol. The van der Waals surface area contributed by atoms with Crippen LogP contribution in [0.4, 0.5) is 14.9 Å². The quantitative estimate of drug-likeness (QED) is 0.490. The molecule has 0 unspecified atom stereocenters. The number of rotatable bonds is 4. The van der Waals surface area contributed by atoms with Gasteiger partial charge in [0.15, 0.2) is 0 Å². The number of aromatic nitrogens is 1. The van der Waals surface area contributed by atoms with Crippen LogP contribution in [0.3, 0.4) is 0 Å². The highest BCUT2D eigenvalue weighted by molar-refractivity contribution is 6.39. The van der Waals surface area contributed by atoms with Crippen LogP contribution in [0.1, 0.15) is 29.4 Å². The second-order valence-corrected chi connectivity index (χ2v) is 7.59. The monoisotopic (exact) mass is 431 g/mol.